The molecule has 1 fully saturated rings. The highest BCUT2D eigenvalue weighted by Crippen LogP contribution is 2.29. The van der Waals surface area contributed by atoms with Crippen LogP contribution in [0.1, 0.15) is 18.1 Å². The highest BCUT2D eigenvalue weighted by atomic mass is 32.2. The molecule has 3 rings (SSSR count). The first-order valence-corrected chi connectivity index (χ1v) is 9.56. The van der Waals surface area contributed by atoms with Gasteiger partial charge in [0, 0.05) is 0 Å². The standard InChI is InChI=1S/C20H21N3O3S/c1-4-26-17-10-9-15(11-18(17)25-3)12-21-22-20-23(19(24)13-27-20)16-8-6-5-7-14(16)2/h5-12H,4,13H2,1-3H3/b21-12+,22-20-. The number of methoxy groups -OCH3 is 1. The van der Waals surface area contributed by atoms with Crippen LogP contribution in [0.5, 0.6) is 11.5 Å². The van der Waals surface area contributed by atoms with E-state index in [4.69, 9.17) is 9.47 Å². The van der Waals surface area contributed by atoms with E-state index < -0.39 is 0 Å². The highest BCUT2D eigenvalue weighted by molar-refractivity contribution is 8.15. The van der Waals surface area contributed by atoms with Crippen LogP contribution in [0.25, 0.3) is 0 Å². The summed E-state index contributed by atoms with van der Waals surface area (Å²) in [5.41, 5.74) is 2.68. The Bertz CT molecular complexity index is 896. The minimum atomic E-state index is 0.00554. The van der Waals surface area contributed by atoms with Gasteiger partial charge < -0.3 is 9.47 Å². The minimum absolute atomic E-state index is 0.00554. The number of hydrogen-bond acceptors (Lipinski definition) is 6. The first-order valence-electron chi connectivity index (χ1n) is 8.57. The Morgan fingerprint density at radius 2 is 2.04 bits per heavy atom. The molecule has 0 unspecified atom stereocenters. The van der Waals surface area contributed by atoms with Crippen molar-refractivity contribution < 1.29 is 14.3 Å². The Labute approximate surface area is 162 Å². The number of nitrogens with zero attached hydrogens (tertiary/aromatic N) is 3. The van der Waals surface area contributed by atoms with Crippen molar-refractivity contribution in [1.82, 2.24) is 0 Å². The van der Waals surface area contributed by atoms with Crippen molar-refractivity contribution >= 4 is 34.7 Å². The molecule has 0 aliphatic carbocycles. The molecule has 6 nitrogen and oxygen atoms in total. The molecule has 1 saturated heterocycles. The second kappa shape index (κ2) is 8.73. The predicted octanol–water partition coefficient (Wildman–Crippen LogP) is 3.87. The van der Waals surface area contributed by atoms with Crippen LogP contribution in [0.15, 0.2) is 52.7 Å². The van der Waals surface area contributed by atoms with E-state index >= 15 is 0 Å². The largest absolute Gasteiger partial charge is 0.493 e. The van der Waals surface area contributed by atoms with Gasteiger partial charge in [0.05, 0.1) is 31.4 Å². The van der Waals surface area contributed by atoms with Crippen molar-refractivity contribution in [3.8, 4) is 11.5 Å². The van der Waals surface area contributed by atoms with E-state index in [9.17, 15) is 4.79 Å². The number of anilines is 1. The van der Waals surface area contributed by atoms with Crippen molar-refractivity contribution in [3.05, 3.63) is 53.6 Å². The van der Waals surface area contributed by atoms with Crippen LogP contribution in [0.3, 0.4) is 0 Å². The smallest absolute Gasteiger partial charge is 0.243 e. The maximum atomic E-state index is 12.3. The second-order valence-corrected chi connectivity index (χ2v) is 6.72. The van der Waals surface area contributed by atoms with Gasteiger partial charge in [0.25, 0.3) is 0 Å². The van der Waals surface area contributed by atoms with Crippen LogP contribution in [0, 0.1) is 6.92 Å². The molecule has 0 spiro atoms. The summed E-state index contributed by atoms with van der Waals surface area (Å²) in [4.78, 5) is 13.9. The molecule has 0 bridgehead atoms. The van der Waals surface area contributed by atoms with Gasteiger partial charge in [-0.1, -0.05) is 30.0 Å². The summed E-state index contributed by atoms with van der Waals surface area (Å²) in [5, 5.41) is 9.00. The zero-order chi connectivity index (χ0) is 19.2. The Morgan fingerprint density at radius 3 is 2.78 bits per heavy atom. The Balaban J connectivity index is 1.82. The zero-order valence-electron chi connectivity index (χ0n) is 15.5. The lowest BCUT2D eigenvalue weighted by atomic mass is 10.2. The number of aryl methyl sites for hydroxylation is 1. The van der Waals surface area contributed by atoms with E-state index in [2.05, 4.69) is 10.2 Å². The summed E-state index contributed by atoms with van der Waals surface area (Å²) >= 11 is 1.38. The Kier molecular flexibility index (Phi) is 6.13. The van der Waals surface area contributed by atoms with E-state index in [-0.39, 0.29) is 5.91 Å². The van der Waals surface area contributed by atoms with Crippen LogP contribution >= 0.6 is 11.8 Å². The SMILES string of the molecule is CCOc1ccc(/C=N/N=C2\SCC(=O)N2c2ccccc2C)cc1OC. The fourth-order valence-electron chi connectivity index (χ4n) is 2.67. The molecule has 0 N–H and O–H groups in total. The summed E-state index contributed by atoms with van der Waals surface area (Å²) in [6, 6.07) is 13.3. The fraction of sp³-hybridized carbons (Fsp3) is 0.250. The lowest BCUT2D eigenvalue weighted by Crippen LogP contribution is -2.29. The van der Waals surface area contributed by atoms with E-state index in [1.807, 2.05) is 56.3 Å². The van der Waals surface area contributed by atoms with Gasteiger partial charge in [0.2, 0.25) is 5.91 Å². The third-order valence-corrected chi connectivity index (χ3v) is 4.87. The number of hydrogen-bond donors (Lipinski definition) is 0. The van der Waals surface area contributed by atoms with Gasteiger partial charge in [-0.05, 0) is 49.2 Å². The Hall–Kier alpha value is -2.80. The van der Waals surface area contributed by atoms with Gasteiger partial charge in [0.15, 0.2) is 16.7 Å². The molecule has 0 saturated carbocycles. The average molecular weight is 383 g/mol. The third-order valence-electron chi connectivity index (χ3n) is 3.96. The fourth-order valence-corrected chi connectivity index (χ4v) is 3.49. The van der Waals surface area contributed by atoms with Gasteiger partial charge in [-0.25, -0.2) is 0 Å². The van der Waals surface area contributed by atoms with Gasteiger partial charge in [-0.2, -0.15) is 5.10 Å². The number of thioether (sulfide) groups is 1. The second-order valence-electron chi connectivity index (χ2n) is 5.77. The average Bonchev–Trinajstić information content (AvgIpc) is 3.04. The number of para-hydroxylation sites is 1. The summed E-state index contributed by atoms with van der Waals surface area (Å²) in [7, 11) is 1.60. The van der Waals surface area contributed by atoms with Crippen LogP contribution < -0.4 is 14.4 Å². The van der Waals surface area contributed by atoms with Crippen molar-refractivity contribution in [2.45, 2.75) is 13.8 Å². The lowest BCUT2D eigenvalue weighted by molar-refractivity contribution is -0.115. The normalized spacial score (nSPS) is 15.7. The predicted molar refractivity (Wildman–Crippen MR) is 110 cm³/mol. The zero-order valence-corrected chi connectivity index (χ0v) is 16.3. The molecule has 1 heterocycles. The van der Waals surface area contributed by atoms with Crippen LogP contribution in [0.4, 0.5) is 5.69 Å². The molecule has 27 heavy (non-hydrogen) atoms. The van der Waals surface area contributed by atoms with Crippen LogP contribution in [0.2, 0.25) is 0 Å². The van der Waals surface area contributed by atoms with E-state index in [1.54, 1.807) is 18.2 Å². The van der Waals surface area contributed by atoms with Crippen molar-refractivity contribution in [1.29, 1.82) is 0 Å². The molecule has 2 aromatic rings. The summed E-state index contributed by atoms with van der Waals surface area (Å²) in [6.07, 6.45) is 1.63. The summed E-state index contributed by atoms with van der Waals surface area (Å²) < 4.78 is 10.9. The van der Waals surface area contributed by atoms with Crippen molar-refractivity contribution in [3.63, 3.8) is 0 Å². The first kappa shape index (κ1) is 19.0. The van der Waals surface area contributed by atoms with Gasteiger partial charge in [0.1, 0.15) is 0 Å². The molecule has 1 aliphatic rings. The molecular weight excluding hydrogens is 362 g/mol. The van der Waals surface area contributed by atoms with Gasteiger partial charge in [-0.15, -0.1) is 5.10 Å². The number of benzene rings is 2. The third kappa shape index (κ3) is 4.31. The lowest BCUT2D eigenvalue weighted by Gasteiger charge is -2.17. The maximum absolute atomic E-state index is 12.3. The molecular formula is C20H21N3O3S. The number of carbonyl (C=O) groups excluding carboxylic acids is 1. The first-order chi connectivity index (χ1) is 13.1. The quantitative estimate of drug-likeness (QED) is 0.561. The minimum Gasteiger partial charge on any atom is -0.493 e. The van der Waals surface area contributed by atoms with Crippen molar-refractivity contribution in [2.75, 3.05) is 24.4 Å². The summed E-state index contributed by atoms with van der Waals surface area (Å²) in [5.74, 6) is 1.69. The number of ether oxygens (including phenoxy) is 2. The molecule has 0 atom stereocenters. The molecule has 140 valence electrons. The van der Waals surface area contributed by atoms with Gasteiger partial charge in [-0.3, -0.25) is 9.69 Å². The Morgan fingerprint density at radius 1 is 1.22 bits per heavy atom. The highest BCUT2D eigenvalue weighted by Gasteiger charge is 2.30. The topological polar surface area (TPSA) is 63.5 Å². The van der Waals surface area contributed by atoms with E-state index in [0.29, 0.717) is 29.0 Å². The molecule has 0 aromatic heterocycles. The maximum Gasteiger partial charge on any atom is 0.243 e. The molecule has 0 radical (unpaired) electrons. The van der Waals surface area contributed by atoms with E-state index in [0.717, 1.165) is 16.8 Å². The molecule has 1 aliphatic heterocycles. The number of amides is 1. The van der Waals surface area contributed by atoms with Crippen molar-refractivity contribution in [2.24, 2.45) is 10.2 Å². The van der Waals surface area contributed by atoms with Gasteiger partial charge >= 0.3 is 0 Å². The molecule has 1 amide bonds. The monoisotopic (exact) mass is 383 g/mol. The number of carbonyl (C=O) groups is 1. The summed E-state index contributed by atoms with van der Waals surface area (Å²) in [6.45, 7) is 4.46. The number of amidine groups is 1. The molecule has 7 heteroatoms. The number of rotatable bonds is 6. The van der Waals surface area contributed by atoms with E-state index in [1.165, 1.54) is 11.8 Å². The van der Waals surface area contributed by atoms with Crippen LogP contribution in [-0.2, 0) is 4.79 Å². The van der Waals surface area contributed by atoms with Crippen LogP contribution in [-0.4, -0.2) is 36.8 Å². The molecule has 2 aromatic carbocycles.